The van der Waals surface area contributed by atoms with Crippen molar-refractivity contribution in [2.45, 2.75) is 31.3 Å². The molecule has 43 heavy (non-hydrogen) atoms. The summed E-state index contributed by atoms with van der Waals surface area (Å²) in [6, 6.07) is 12.7. The van der Waals surface area contributed by atoms with Crippen molar-refractivity contribution in [2.75, 3.05) is 56.8 Å². The van der Waals surface area contributed by atoms with E-state index in [0.717, 1.165) is 57.9 Å². The fourth-order valence-electron chi connectivity index (χ4n) is 6.06. The molecule has 7 rings (SSSR count). The van der Waals surface area contributed by atoms with Gasteiger partial charge in [-0.25, -0.2) is 0 Å². The summed E-state index contributed by atoms with van der Waals surface area (Å²) in [6.07, 6.45) is 4.68. The maximum absolute atomic E-state index is 13.0. The van der Waals surface area contributed by atoms with Crippen LogP contribution in [0.4, 0.5) is 11.5 Å². The van der Waals surface area contributed by atoms with Crippen LogP contribution < -0.4 is 14.5 Å². The first kappa shape index (κ1) is 27.6. The molecular weight excluding hydrogens is 570 g/mol. The largest absolute Gasteiger partial charge is 0.467 e. The zero-order valence-corrected chi connectivity index (χ0v) is 24.8. The minimum Gasteiger partial charge on any atom is -0.467 e. The van der Waals surface area contributed by atoms with Gasteiger partial charge in [-0.05, 0) is 30.4 Å². The number of ether oxygens (including phenoxy) is 2. The van der Waals surface area contributed by atoms with Gasteiger partial charge in [0.15, 0.2) is 5.82 Å². The van der Waals surface area contributed by atoms with Crippen molar-refractivity contribution in [3.8, 4) is 6.01 Å². The summed E-state index contributed by atoms with van der Waals surface area (Å²) < 4.78 is 16.0. The highest BCUT2D eigenvalue weighted by Crippen LogP contribution is 2.37. The fourth-order valence-corrected chi connectivity index (χ4v) is 6.34. The molecule has 2 aromatic heterocycles. The van der Waals surface area contributed by atoms with Gasteiger partial charge in [0.25, 0.3) is 5.89 Å². The van der Waals surface area contributed by atoms with Gasteiger partial charge in [0.05, 0.1) is 43.5 Å². The Balaban J connectivity index is 1.07. The van der Waals surface area contributed by atoms with Gasteiger partial charge in [0, 0.05) is 61.5 Å². The molecule has 11 nitrogen and oxygen atoms in total. The van der Waals surface area contributed by atoms with Gasteiger partial charge in [0.1, 0.15) is 5.82 Å². The number of nitrogens with zero attached hydrogens (tertiary/aromatic N) is 7. The van der Waals surface area contributed by atoms with Crippen molar-refractivity contribution in [3.05, 3.63) is 70.5 Å². The van der Waals surface area contributed by atoms with Gasteiger partial charge in [-0.15, -0.1) is 0 Å². The molecule has 0 bridgehead atoms. The van der Waals surface area contributed by atoms with Crippen molar-refractivity contribution >= 4 is 45.9 Å². The number of carbonyl (C=O) groups is 1. The zero-order valence-electron chi connectivity index (χ0n) is 24.1. The molecule has 3 aliphatic heterocycles. The molecule has 2 saturated heterocycles. The SMILES string of the molecule is COc1nc2c(c(N(C)C3CCN(C(=O)/C=C/c4nc(C5COC5)no4)C3)n1)CCN(c1cccc3cccc(Cl)c13)C2. The maximum atomic E-state index is 13.0. The Morgan fingerprint density at radius 2 is 1.98 bits per heavy atom. The summed E-state index contributed by atoms with van der Waals surface area (Å²) in [7, 11) is 3.63. The van der Waals surface area contributed by atoms with Crippen LogP contribution in [0.1, 0.15) is 35.3 Å². The zero-order chi connectivity index (χ0) is 29.5. The molecule has 0 aliphatic carbocycles. The molecule has 3 aliphatic rings. The van der Waals surface area contributed by atoms with E-state index in [-0.39, 0.29) is 17.9 Å². The smallest absolute Gasteiger partial charge is 0.318 e. The fraction of sp³-hybridized carbons (Fsp3) is 0.387. The van der Waals surface area contributed by atoms with Gasteiger partial charge in [-0.3, -0.25) is 4.79 Å². The number of rotatable bonds is 7. The number of benzene rings is 2. The number of likely N-dealkylation sites (tertiary alicyclic amines) is 1. The molecule has 0 saturated carbocycles. The van der Waals surface area contributed by atoms with Crippen molar-refractivity contribution in [1.82, 2.24) is 25.0 Å². The lowest BCUT2D eigenvalue weighted by atomic mass is 10.0. The highest BCUT2D eigenvalue weighted by atomic mass is 35.5. The monoisotopic (exact) mass is 601 g/mol. The number of likely N-dealkylation sites (N-methyl/N-ethyl adjacent to an activating group) is 1. The van der Waals surface area contributed by atoms with Gasteiger partial charge in [-0.2, -0.15) is 15.0 Å². The van der Waals surface area contributed by atoms with E-state index in [1.54, 1.807) is 13.2 Å². The first-order chi connectivity index (χ1) is 21.0. The average Bonchev–Trinajstić information content (AvgIpc) is 3.68. The minimum absolute atomic E-state index is 0.0886. The average molecular weight is 602 g/mol. The quantitative estimate of drug-likeness (QED) is 0.287. The van der Waals surface area contributed by atoms with Crippen LogP contribution in [0, 0.1) is 0 Å². The van der Waals surface area contributed by atoms with Crippen molar-refractivity contribution in [2.24, 2.45) is 0 Å². The summed E-state index contributed by atoms with van der Waals surface area (Å²) in [5.74, 6) is 1.87. The van der Waals surface area contributed by atoms with E-state index in [9.17, 15) is 4.79 Å². The molecule has 0 radical (unpaired) electrons. The summed E-state index contributed by atoms with van der Waals surface area (Å²) >= 11 is 6.65. The highest BCUT2D eigenvalue weighted by Gasteiger charge is 2.33. The van der Waals surface area contributed by atoms with Crippen LogP contribution in [0.25, 0.3) is 16.8 Å². The number of methoxy groups -OCH3 is 1. The molecule has 1 unspecified atom stereocenters. The van der Waals surface area contributed by atoms with Crippen LogP contribution in [0.3, 0.4) is 0 Å². The second kappa shape index (κ2) is 11.5. The molecule has 5 heterocycles. The lowest BCUT2D eigenvalue weighted by Crippen LogP contribution is -2.39. The number of carbonyl (C=O) groups excluding carboxylic acids is 1. The Kier molecular flexibility index (Phi) is 7.36. The number of hydrogen-bond donors (Lipinski definition) is 0. The third-order valence-electron chi connectivity index (χ3n) is 8.56. The minimum atomic E-state index is -0.0886. The molecule has 1 atom stereocenters. The van der Waals surface area contributed by atoms with Crippen LogP contribution in [0.5, 0.6) is 6.01 Å². The maximum Gasteiger partial charge on any atom is 0.318 e. The van der Waals surface area contributed by atoms with E-state index in [2.05, 4.69) is 44.2 Å². The third kappa shape index (κ3) is 5.27. The van der Waals surface area contributed by atoms with Crippen LogP contribution in [0.15, 0.2) is 47.0 Å². The van der Waals surface area contributed by atoms with Gasteiger partial charge >= 0.3 is 6.01 Å². The first-order valence-corrected chi connectivity index (χ1v) is 14.8. The summed E-state index contributed by atoms with van der Waals surface area (Å²) in [5, 5.41) is 6.88. The van der Waals surface area contributed by atoms with Gasteiger partial charge in [0.2, 0.25) is 5.91 Å². The Morgan fingerprint density at radius 1 is 1.14 bits per heavy atom. The van der Waals surface area contributed by atoms with E-state index in [0.29, 0.717) is 50.6 Å². The van der Waals surface area contributed by atoms with E-state index in [1.165, 1.54) is 6.08 Å². The number of anilines is 2. The molecule has 1 amide bonds. The number of fused-ring (bicyclic) bond motifs is 2. The number of amides is 1. The van der Waals surface area contributed by atoms with E-state index in [4.69, 9.17) is 35.6 Å². The number of halogens is 1. The standard InChI is InChI=1S/C31H32ClN7O4/c1-37(21-11-13-39(15-21)27(40)10-9-26-34-29(36-43-26)20-17-42-18-20)30-22-12-14-38(16-24(22)33-31(35-30)41-2)25-8-4-6-19-5-3-7-23(32)28(19)25/h3-10,20-21H,11-18H2,1-2H3/b10-9+. The highest BCUT2D eigenvalue weighted by molar-refractivity contribution is 6.36. The van der Waals surface area contributed by atoms with Crippen molar-refractivity contribution in [3.63, 3.8) is 0 Å². The lowest BCUT2D eigenvalue weighted by molar-refractivity contribution is -0.124. The van der Waals surface area contributed by atoms with Crippen LogP contribution in [-0.4, -0.2) is 84.0 Å². The van der Waals surface area contributed by atoms with Gasteiger partial charge in [-0.1, -0.05) is 41.0 Å². The summed E-state index contributed by atoms with van der Waals surface area (Å²) in [5.41, 5.74) is 3.14. The Labute approximate surface area is 254 Å². The van der Waals surface area contributed by atoms with Crippen molar-refractivity contribution < 1.29 is 18.8 Å². The Morgan fingerprint density at radius 3 is 2.77 bits per heavy atom. The Hall–Kier alpha value is -4.22. The van der Waals surface area contributed by atoms with E-state index < -0.39 is 0 Å². The van der Waals surface area contributed by atoms with E-state index in [1.807, 2.05) is 24.1 Å². The van der Waals surface area contributed by atoms with Gasteiger partial charge < -0.3 is 28.7 Å². The molecular formula is C31H32ClN7O4. The topological polar surface area (TPSA) is 110 Å². The van der Waals surface area contributed by atoms with Crippen LogP contribution in [0.2, 0.25) is 5.02 Å². The lowest BCUT2D eigenvalue weighted by Gasteiger charge is -2.34. The molecule has 0 spiro atoms. The normalized spacial score (nSPS) is 18.7. The molecule has 0 N–H and O–H groups in total. The van der Waals surface area contributed by atoms with Crippen LogP contribution >= 0.6 is 11.6 Å². The van der Waals surface area contributed by atoms with Crippen molar-refractivity contribution in [1.29, 1.82) is 0 Å². The number of aromatic nitrogens is 4. The Bertz CT molecular complexity index is 1700. The second-order valence-electron chi connectivity index (χ2n) is 11.1. The third-order valence-corrected chi connectivity index (χ3v) is 8.88. The van der Waals surface area contributed by atoms with Crippen LogP contribution in [-0.2, 0) is 22.5 Å². The molecule has 2 aromatic carbocycles. The first-order valence-electron chi connectivity index (χ1n) is 14.5. The summed E-state index contributed by atoms with van der Waals surface area (Å²) in [6.45, 7) is 3.85. The molecule has 4 aromatic rings. The summed E-state index contributed by atoms with van der Waals surface area (Å²) in [4.78, 5) is 33.2. The second-order valence-corrected chi connectivity index (χ2v) is 11.5. The molecule has 2 fully saturated rings. The molecule has 222 valence electrons. The van der Waals surface area contributed by atoms with E-state index >= 15 is 0 Å². The molecule has 12 heteroatoms. The predicted molar refractivity (Wildman–Crippen MR) is 163 cm³/mol. The number of hydrogen-bond acceptors (Lipinski definition) is 10. The predicted octanol–water partition coefficient (Wildman–Crippen LogP) is 4.10.